The number of carbonyl (C=O) groups excluding carboxylic acids is 1. The molecular formula is C17H22N6O. The maximum absolute atomic E-state index is 12.5. The van der Waals surface area contributed by atoms with Crippen LogP contribution in [0.2, 0.25) is 0 Å². The van der Waals surface area contributed by atoms with Gasteiger partial charge in [0.2, 0.25) is 5.71 Å². The molecule has 1 aliphatic rings. The van der Waals surface area contributed by atoms with Crippen molar-refractivity contribution in [1.82, 2.24) is 5.32 Å². The third-order valence-corrected chi connectivity index (χ3v) is 4.17. The second-order valence-electron chi connectivity index (χ2n) is 5.88. The largest absolute Gasteiger partial charge is 0.382 e. The molecular weight excluding hydrogens is 304 g/mol. The number of hydrazone groups is 1. The van der Waals surface area contributed by atoms with Crippen molar-refractivity contribution in [2.75, 3.05) is 5.43 Å². The third-order valence-electron chi connectivity index (χ3n) is 4.17. The zero-order valence-corrected chi connectivity index (χ0v) is 13.7. The number of nitrogens with one attached hydrogen (secondary N) is 3. The summed E-state index contributed by atoms with van der Waals surface area (Å²) in [6.07, 6.45) is 5.60. The fraction of sp³-hybridized carbons (Fsp3) is 0.412. The molecule has 5 N–H and O–H groups in total. The van der Waals surface area contributed by atoms with Crippen molar-refractivity contribution in [3.63, 3.8) is 0 Å². The highest BCUT2D eigenvalue weighted by Crippen LogP contribution is 2.21. The number of hydrogen-bond donors (Lipinski definition) is 4. The van der Waals surface area contributed by atoms with Crippen LogP contribution in [0.1, 0.15) is 48.0 Å². The van der Waals surface area contributed by atoms with Gasteiger partial charge in [-0.05, 0) is 37.5 Å². The van der Waals surface area contributed by atoms with Crippen LogP contribution in [0.5, 0.6) is 0 Å². The smallest absolute Gasteiger partial charge is 0.251 e. The van der Waals surface area contributed by atoms with Gasteiger partial charge in [0.25, 0.3) is 5.91 Å². The fourth-order valence-electron chi connectivity index (χ4n) is 2.77. The molecule has 0 atom stereocenters. The summed E-state index contributed by atoms with van der Waals surface area (Å²) in [6, 6.07) is 7.25. The highest BCUT2D eigenvalue weighted by molar-refractivity contribution is 6.45. The van der Waals surface area contributed by atoms with Gasteiger partial charge >= 0.3 is 0 Å². The lowest BCUT2D eigenvalue weighted by molar-refractivity contribution is 0.0927. The van der Waals surface area contributed by atoms with E-state index in [9.17, 15) is 4.79 Å². The van der Waals surface area contributed by atoms with Crippen LogP contribution in [-0.4, -0.2) is 23.5 Å². The highest BCUT2D eigenvalue weighted by atomic mass is 16.1. The average Bonchev–Trinajstić information content (AvgIpc) is 2.57. The Morgan fingerprint density at radius 3 is 2.71 bits per heavy atom. The molecule has 1 saturated carbocycles. The normalized spacial score (nSPS) is 15.4. The standard InChI is InChI=1S/C17H22N6O/c1-11-13(17(24)21-12-6-3-2-4-7-12)8-5-9-14(11)22-23-15(10-18)16(19)20/h5,8-9,12,22H,2-4,6-7H2,1H3,(H3,19,20)(H,21,24)/b23-15+. The first-order valence-electron chi connectivity index (χ1n) is 8.01. The summed E-state index contributed by atoms with van der Waals surface area (Å²) in [7, 11) is 0. The van der Waals surface area contributed by atoms with Gasteiger partial charge in [0.1, 0.15) is 6.07 Å². The van der Waals surface area contributed by atoms with Crippen LogP contribution < -0.4 is 16.5 Å². The molecule has 0 unspecified atom stereocenters. The van der Waals surface area contributed by atoms with Gasteiger partial charge in [-0.3, -0.25) is 15.6 Å². The lowest BCUT2D eigenvalue weighted by atomic mass is 9.95. The molecule has 0 saturated heterocycles. The Labute approximate surface area is 141 Å². The Hall–Kier alpha value is -2.88. The van der Waals surface area contributed by atoms with E-state index in [0.717, 1.165) is 31.2 Å². The van der Waals surface area contributed by atoms with E-state index in [1.165, 1.54) is 6.42 Å². The predicted octanol–water partition coefficient (Wildman–Crippen LogP) is 2.28. The van der Waals surface area contributed by atoms with Crippen molar-refractivity contribution in [2.45, 2.75) is 45.1 Å². The summed E-state index contributed by atoms with van der Waals surface area (Å²) < 4.78 is 0. The van der Waals surface area contributed by atoms with E-state index in [0.29, 0.717) is 11.3 Å². The van der Waals surface area contributed by atoms with Gasteiger partial charge in [-0.15, -0.1) is 0 Å². The van der Waals surface area contributed by atoms with Crippen LogP contribution in [-0.2, 0) is 0 Å². The first kappa shape index (κ1) is 17.5. The fourth-order valence-corrected chi connectivity index (χ4v) is 2.77. The zero-order valence-electron chi connectivity index (χ0n) is 13.7. The van der Waals surface area contributed by atoms with E-state index < -0.39 is 5.84 Å². The molecule has 0 bridgehead atoms. The van der Waals surface area contributed by atoms with Crippen LogP contribution in [0.3, 0.4) is 0 Å². The number of amides is 1. The number of anilines is 1. The second kappa shape index (κ2) is 8.11. The quantitative estimate of drug-likeness (QED) is 0.376. The Morgan fingerprint density at radius 2 is 2.08 bits per heavy atom. The molecule has 1 amide bonds. The van der Waals surface area contributed by atoms with Crippen molar-refractivity contribution >= 4 is 23.1 Å². The number of nitrogens with two attached hydrogens (primary N) is 1. The summed E-state index contributed by atoms with van der Waals surface area (Å²) in [4.78, 5) is 12.5. The number of amidine groups is 1. The van der Waals surface area contributed by atoms with Crippen LogP contribution in [0.4, 0.5) is 5.69 Å². The van der Waals surface area contributed by atoms with Crippen molar-refractivity contribution in [3.05, 3.63) is 29.3 Å². The molecule has 1 aromatic carbocycles. The molecule has 0 aliphatic heterocycles. The van der Waals surface area contributed by atoms with Crippen molar-refractivity contribution < 1.29 is 4.79 Å². The van der Waals surface area contributed by atoms with Gasteiger partial charge in [0, 0.05) is 11.6 Å². The summed E-state index contributed by atoms with van der Waals surface area (Å²) in [5.41, 5.74) is 9.66. The Bertz CT molecular complexity index is 698. The Balaban J connectivity index is 2.13. The van der Waals surface area contributed by atoms with Gasteiger partial charge in [0.05, 0.1) is 5.69 Å². The summed E-state index contributed by atoms with van der Waals surface area (Å²) in [5.74, 6) is -0.507. The monoisotopic (exact) mass is 326 g/mol. The van der Waals surface area contributed by atoms with Crippen LogP contribution >= 0.6 is 0 Å². The Morgan fingerprint density at radius 1 is 1.38 bits per heavy atom. The molecule has 7 nitrogen and oxygen atoms in total. The highest BCUT2D eigenvalue weighted by Gasteiger charge is 2.18. The third kappa shape index (κ3) is 4.32. The minimum Gasteiger partial charge on any atom is -0.382 e. The number of nitrogens with zero attached hydrogens (tertiary/aromatic N) is 2. The predicted molar refractivity (Wildman–Crippen MR) is 94.1 cm³/mol. The molecule has 0 aromatic heterocycles. The van der Waals surface area contributed by atoms with Crippen LogP contribution in [0, 0.1) is 23.7 Å². The van der Waals surface area contributed by atoms with Gasteiger partial charge in [-0.1, -0.05) is 25.3 Å². The van der Waals surface area contributed by atoms with E-state index >= 15 is 0 Å². The molecule has 1 fully saturated rings. The number of nitriles is 1. The molecule has 7 heteroatoms. The second-order valence-corrected chi connectivity index (χ2v) is 5.88. The van der Waals surface area contributed by atoms with Gasteiger partial charge < -0.3 is 11.1 Å². The number of hydrogen-bond acceptors (Lipinski definition) is 5. The van der Waals surface area contributed by atoms with Crippen LogP contribution in [0.25, 0.3) is 0 Å². The number of benzene rings is 1. The topological polar surface area (TPSA) is 127 Å². The van der Waals surface area contributed by atoms with E-state index in [-0.39, 0.29) is 17.7 Å². The SMILES string of the molecule is Cc1c(N/N=C(\C#N)C(=N)N)cccc1C(=O)NC1CCCCC1. The maximum Gasteiger partial charge on any atom is 0.251 e. The summed E-state index contributed by atoms with van der Waals surface area (Å²) >= 11 is 0. The molecule has 126 valence electrons. The number of carbonyl (C=O) groups is 1. The minimum absolute atomic E-state index is 0.0981. The molecule has 0 radical (unpaired) electrons. The lowest BCUT2D eigenvalue weighted by Gasteiger charge is -2.23. The van der Waals surface area contributed by atoms with E-state index in [2.05, 4.69) is 15.8 Å². The Kier molecular flexibility index (Phi) is 5.90. The zero-order chi connectivity index (χ0) is 17.5. The van der Waals surface area contributed by atoms with Crippen molar-refractivity contribution in [2.24, 2.45) is 10.8 Å². The molecule has 0 heterocycles. The van der Waals surface area contributed by atoms with Gasteiger partial charge in [-0.25, -0.2) is 0 Å². The van der Waals surface area contributed by atoms with Crippen molar-refractivity contribution in [1.29, 1.82) is 10.7 Å². The minimum atomic E-state index is -0.408. The molecule has 0 spiro atoms. The average molecular weight is 326 g/mol. The number of rotatable bonds is 5. The van der Waals surface area contributed by atoms with E-state index in [1.807, 2.05) is 6.92 Å². The summed E-state index contributed by atoms with van der Waals surface area (Å²) in [5, 5.41) is 23.0. The maximum atomic E-state index is 12.5. The van der Waals surface area contributed by atoms with Gasteiger partial charge in [0.15, 0.2) is 5.84 Å². The van der Waals surface area contributed by atoms with E-state index in [1.54, 1.807) is 24.3 Å². The lowest BCUT2D eigenvalue weighted by Crippen LogP contribution is -2.36. The molecule has 1 aromatic rings. The van der Waals surface area contributed by atoms with Gasteiger partial charge in [-0.2, -0.15) is 10.4 Å². The van der Waals surface area contributed by atoms with Crippen LogP contribution in [0.15, 0.2) is 23.3 Å². The molecule has 24 heavy (non-hydrogen) atoms. The van der Waals surface area contributed by atoms with Crippen molar-refractivity contribution in [3.8, 4) is 6.07 Å². The first-order valence-corrected chi connectivity index (χ1v) is 8.01. The molecule has 1 aliphatic carbocycles. The van der Waals surface area contributed by atoms with E-state index in [4.69, 9.17) is 16.4 Å². The summed E-state index contributed by atoms with van der Waals surface area (Å²) in [6.45, 7) is 1.81. The first-order chi connectivity index (χ1) is 11.5. The molecule has 2 rings (SSSR count).